The molecule has 13 heavy (non-hydrogen) atoms. The summed E-state index contributed by atoms with van der Waals surface area (Å²) in [5.41, 5.74) is 0.160. The van der Waals surface area contributed by atoms with Crippen LogP contribution in [0.1, 0.15) is 40.0 Å². The van der Waals surface area contributed by atoms with E-state index in [2.05, 4.69) is 20.8 Å². The third-order valence-electron chi connectivity index (χ3n) is 2.83. The molecule has 0 bridgehead atoms. The maximum Gasteiger partial charge on any atom is 0.266 e. The minimum atomic E-state index is -1.53. The monoisotopic (exact) mass is 188 g/mol. The van der Waals surface area contributed by atoms with Crippen molar-refractivity contribution >= 4 is 0 Å². The summed E-state index contributed by atoms with van der Waals surface area (Å²) in [4.78, 5) is 0. The highest BCUT2D eigenvalue weighted by atomic mass is 19.3. The number of rotatable bonds is 3. The molecule has 0 aliphatic heterocycles. The lowest BCUT2D eigenvalue weighted by Gasteiger charge is -2.29. The van der Waals surface area contributed by atoms with Crippen LogP contribution in [0.4, 0.5) is 8.78 Å². The Kier molecular flexibility index (Phi) is 3.09. The summed E-state index contributed by atoms with van der Waals surface area (Å²) in [6.45, 7) is 6.42. The lowest BCUT2D eigenvalue weighted by molar-refractivity contribution is 0.210. The zero-order valence-corrected chi connectivity index (χ0v) is 8.61. The van der Waals surface area contributed by atoms with Crippen LogP contribution < -0.4 is 0 Å². The van der Waals surface area contributed by atoms with Gasteiger partial charge in [0.2, 0.25) is 0 Å². The van der Waals surface area contributed by atoms with Gasteiger partial charge in [-0.05, 0) is 42.6 Å². The standard InChI is InChI=1S/C11H18F2/c1-11(2,3)9(8-4-5-8)6-7-10(12)13/h7-9H,4-6H2,1-3H3. The van der Waals surface area contributed by atoms with Crippen molar-refractivity contribution in [1.29, 1.82) is 0 Å². The molecule has 0 radical (unpaired) electrons. The molecule has 1 unspecified atom stereocenters. The Morgan fingerprint density at radius 3 is 2.23 bits per heavy atom. The molecule has 1 saturated carbocycles. The van der Waals surface area contributed by atoms with Crippen molar-refractivity contribution in [2.45, 2.75) is 40.0 Å². The van der Waals surface area contributed by atoms with E-state index in [1.54, 1.807) is 0 Å². The Hall–Kier alpha value is -0.400. The van der Waals surface area contributed by atoms with Gasteiger partial charge in [0.15, 0.2) is 0 Å². The largest absolute Gasteiger partial charge is 0.266 e. The summed E-state index contributed by atoms with van der Waals surface area (Å²) in [5, 5.41) is 0. The van der Waals surface area contributed by atoms with Gasteiger partial charge in [0, 0.05) is 0 Å². The molecule has 1 fully saturated rings. The molecule has 76 valence electrons. The summed E-state index contributed by atoms with van der Waals surface area (Å²) >= 11 is 0. The van der Waals surface area contributed by atoms with Gasteiger partial charge in [-0.15, -0.1) is 0 Å². The lowest BCUT2D eigenvalue weighted by atomic mass is 9.76. The van der Waals surface area contributed by atoms with Crippen LogP contribution in [-0.4, -0.2) is 0 Å². The maximum absolute atomic E-state index is 11.9. The Morgan fingerprint density at radius 1 is 1.38 bits per heavy atom. The fraction of sp³-hybridized carbons (Fsp3) is 0.818. The molecular formula is C11H18F2. The summed E-state index contributed by atoms with van der Waals surface area (Å²) in [5.74, 6) is 1.12. The van der Waals surface area contributed by atoms with Crippen molar-refractivity contribution in [2.24, 2.45) is 17.3 Å². The van der Waals surface area contributed by atoms with Crippen LogP contribution in [0.5, 0.6) is 0 Å². The van der Waals surface area contributed by atoms with E-state index < -0.39 is 6.08 Å². The first kappa shape index (κ1) is 10.7. The molecule has 2 heteroatoms. The van der Waals surface area contributed by atoms with Crippen molar-refractivity contribution in [3.8, 4) is 0 Å². The van der Waals surface area contributed by atoms with Gasteiger partial charge in [-0.1, -0.05) is 20.8 Å². The smallest absolute Gasteiger partial charge is 0.174 e. The molecule has 0 N–H and O–H groups in total. The topological polar surface area (TPSA) is 0 Å². The molecule has 0 nitrogen and oxygen atoms in total. The number of hydrogen-bond donors (Lipinski definition) is 0. The first-order valence-corrected chi connectivity index (χ1v) is 4.92. The Bertz CT molecular complexity index is 193. The molecule has 1 atom stereocenters. The number of hydrogen-bond acceptors (Lipinski definition) is 0. The van der Waals surface area contributed by atoms with Gasteiger partial charge in [0.05, 0.1) is 0 Å². The predicted octanol–water partition coefficient (Wildman–Crippen LogP) is 4.23. The molecule has 0 amide bonds. The van der Waals surface area contributed by atoms with Gasteiger partial charge in [-0.25, -0.2) is 0 Å². The second kappa shape index (κ2) is 3.77. The second-order valence-electron chi connectivity index (χ2n) is 5.04. The van der Waals surface area contributed by atoms with Crippen LogP contribution in [0.15, 0.2) is 12.2 Å². The van der Waals surface area contributed by atoms with E-state index in [0.717, 1.165) is 6.08 Å². The van der Waals surface area contributed by atoms with Gasteiger partial charge in [-0.3, -0.25) is 0 Å². The van der Waals surface area contributed by atoms with Crippen molar-refractivity contribution in [1.82, 2.24) is 0 Å². The molecule has 1 aliphatic rings. The fourth-order valence-electron chi connectivity index (χ4n) is 1.97. The van der Waals surface area contributed by atoms with Gasteiger partial charge in [0.1, 0.15) is 0 Å². The Balaban J connectivity index is 2.53. The minimum Gasteiger partial charge on any atom is -0.174 e. The highest BCUT2D eigenvalue weighted by Crippen LogP contribution is 2.47. The summed E-state index contributed by atoms with van der Waals surface area (Å²) in [6.07, 6.45) is 2.54. The van der Waals surface area contributed by atoms with Gasteiger partial charge in [0.25, 0.3) is 6.08 Å². The average Bonchev–Trinajstić information content (AvgIpc) is 2.67. The number of allylic oxidation sites excluding steroid dienone is 1. The minimum absolute atomic E-state index is 0.160. The molecule has 0 heterocycles. The molecular weight excluding hydrogens is 170 g/mol. The molecule has 1 aliphatic carbocycles. The predicted molar refractivity (Wildman–Crippen MR) is 50.6 cm³/mol. The normalized spacial score (nSPS) is 19.8. The average molecular weight is 188 g/mol. The molecule has 0 aromatic heterocycles. The molecule has 0 saturated heterocycles. The van der Waals surface area contributed by atoms with Crippen LogP contribution in [-0.2, 0) is 0 Å². The first-order valence-electron chi connectivity index (χ1n) is 4.92. The maximum atomic E-state index is 11.9. The quantitative estimate of drug-likeness (QED) is 0.621. The van der Waals surface area contributed by atoms with E-state index in [1.165, 1.54) is 12.8 Å². The Morgan fingerprint density at radius 2 is 1.92 bits per heavy atom. The molecule has 1 rings (SSSR count). The second-order valence-corrected chi connectivity index (χ2v) is 5.04. The van der Waals surface area contributed by atoms with Crippen molar-refractivity contribution in [3.63, 3.8) is 0 Å². The third-order valence-corrected chi connectivity index (χ3v) is 2.83. The van der Waals surface area contributed by atoms with Crippen molar-refractivity contribution < 1.29 is 8.78 Å². The highest BCUT2D eigenvalue weighted by molar-refractivity contribution is 4.94. The summed E-state index contributed by atoms with van der Waals surface area (Å²) < 4.78 is 23.9. The van der Waals surface area contributed by atoms with E-state index in [4.69, 9.17) is 0 Å². The van der Waals surface area contributed by atoms with E-state index >= 15 is 0 Å². The van der Waals surface area contributed by atoms with Crippen LogP contribution in [0.2, 0.25) is 0 Å². The van der Waals surface area contributed by atoms with Crippen LogP contribution in [0.3, 0.4) is 0 Å². The molecule has 0 aromatic carbocycles. The zero-order chi connectivity index (χ0) is 10.1. The van der Waals surface area contributed by atoms with E-state index in [1.807, 2.05) is 0 Å². The van der Waals surface area contributed by atoms with Crippen molar-refractivity contribution in [3.05, 3.63) is 12.2 Å². The van der Waals surface area contributed by atoms with Crippen LogP contribution in [0, 0.1) is 17.3 Å². The van der Waals surface area contributed by atoms with E-state index in [0.29, 0.717) is 18.3 Å². The van der Waals surface area contributed by atoms with Crippen LogP contribution in [0.25, 0.3) is 0 Å². The van der Waals surface area contributed by atoms with E-state index in [-0.39, 0.29) is 5.41 Å². The highest BCUT2D eigenvalue weighted by Gasteiger charge is 2.37. The van der Waals surface area contributed by atoms with Gasteiger partial charge < -0.3 is 0 Å². The van der Waals surface area contributed by atoms with Gasteiger partial charge >= 0.3 is 0 Å². The van der Waals surface area contributed by atoms with Gasteiger partial charge in [-0.2, -0.15) is 8.78 Å². The van der Waals surface area contributed by atoms with Crippen LogP contribution >= 0.6 is 0 Å². The molecule has 0 spiro atoms. The number of halogens is 2. The fourth-order valence-corrected chi connectivity index (χ4v) is 1.97. The third kappa shape index (κ3) is 3.45. The van der Waals surface area contributed by atoms with Crippen molar-refractivity contribution in [2.75, 3.05) is 0 Å². The zero-order valence-electron chi connectivity index (χ0n) is 8.61. The molecule has 0 aromatic rings. The summed E-state index contributed by atoms with van der Waals surface area (Å²) in [7, 11) is 0. The SMILES string of the molecule is CC(C)(C)C(CC=C(F)F)C1CC1. The van der Waals surface area contributed by atoms with E-state index in [9.17, 15) is 8.78 Å². The first-order chi connectivity index (χ1) is 5.91. The lowest BCUT2D eigenvalue weighted by Crippen LogP contribution is -2.21. The summed E-state index contributed by atoms with van der Waals surface area (Å²) in [6, 6.07) is 0. The Labute approximate surface area is 79.0 Å².